The summed E-state index contributed by atoms with van der Waals surface area (Å²) in [4.78, 5) is 39.6. The Morgan fingerprint density at radius 2 is 1.72 bits per heavy atom. The number of amides is 3. The number of benzene rings is 1. The van der Waals surface area contributed by atoms with E-state index in [-0.39, 0.29) is 35.3 Å². The summed E-state index contributed by atoms with van der Waals surface area (Å²) >= 11 is 0. The van der Waals surface area contributed by atoms with Crippen molar-refractivity contribution in [1.29, 1.82) is 0 Å². The maximum atomic E-state index is 14.0. The van der Waals surface area contributed by atoms with Crippen LogP contribution in [0.4, 0.5) is 4.39 Å². The molecule has 3 amide bonds. The van der Waals surface area contributed by atoms with Crippen molar-refractivity contribution >= 4 is 17.7 Å². The fourth-order valence-electron chi connectivity index (χ4n) is 3.51. The topological polar surface area (TPSA) is 78.5 Å². The number of carbonyl (C=O) groups excluding carboxylic acids is 3. The summed E-state index contributed by atoms with van der Waals surface area (Å²) in [5.74, 6) is -1.59. The van der Waals surface area contributed by atoms with Crippen LogP contribution in [0.3, 0.4) is 0 Å². The maximum Gasteiger partial charge on any atom is 0.254 e. The third-order valence-corrected chi connectivity index (χ3v) is 5.51. The number of likely N-dealkylation sites (tertiary alicyclic amines) is 1. The van der Waals surface area contributed by atoms with Gasteiger partial charge in [0.05, 0.1) is 5.56 Å². The lowest BCUT2D eigenvalue weighted by Gasteiger charge is -2.36. The molecule has 160 valence electrons. The summed E-state index contributed by atoms with van der Waals surface area (Å²) < 4.78 is 14.0. The van der Waals surface area contributed by atoms with E-state index in [1.165, 1.54) is 18.2 Å². The first-order chi connectivity index (χ1) is 13.7. The molecule has 6 nitrogen and oxygen atoms in total. The second kappa shape index (κ2) is 10.4. The molecule has 0 spiro atoms. The van der Waals surface area contributed by atoms with Crippen molar-refractivity contribution in [3.63, 3.8) is 0 Å². The Kier molecular flexibility index (Phi) is 8.17. The van der Waals surface area contributed by atoms with Gasteiger partial charge in [-0.3, -0.25) is 14.4 Å². The van der Waals surface area contributed by atoms with Crippen LogP contribution in [0.5, 0.6) is 0 Å². The summed E-state index contributed by atoms with van der Waals surface area (Å²) in [6.45, 7) is 8.69. The minimum atomic E-state index is -0.771. The Morgan fingerprint density at radius 3 is 2.28 bits per heavy atom. The van der Waals surface area contributed by atoms with Crippen molar-refractivity contribution in [2.45, 2.75) is 59.0 Å². The highest BCUT2D eigenvalue weighted by Crippen LogP contribution is 2.23. The van der Waals surface area contributed by atoms with Crippen LogP contribution in [0.1, 0.15) is 57.3 Å². The summed E-state index contributed by atoms with van der Waals surface area (Å²) in [5.41, 5.74) is -0.0822. The third-order valence-electron chi connectivity index (χ3n) is 5.51. The van der Waals surface area contributed by atoms with Gasteiger partial charge < -0.3 is 15.5 Å². The smallest absolute Gasteiger partial charge is 0.254 e. The Morgan fingerprint density at radius 1 is 1.10 bits per heavy atom. The van der Waals surface area contributed by atoms with E-state index >= 15 is 0 Å². The van der Waals surface area contributed by atoms with Gasteiger partial charge in [-0.2, -0.15) is 0 Å². The van der Waals surface area contributed by atoms with Gasteiger partial charge in [0, 0.05) is 25.0 Å². The maximum absolute atomic E-state index is 14.0. The zero-order chi connectivity index (χ0) is 21.6. The summed E-state index contributed by atoms with van der Waals surface area (Å²) in [7, 11) is 0. The number of rotatable bonds is 7. The van der Waals surface area contributed by atoms with E-state index in [0.717, 1.165) is 6.42 Å². The Hall–Kier alpha value is -2.44. The molecule has 1 aromatic rings. The van der Waals surface area contributed by atoms with E-state index in [4.69, 9.17) is 0 Å². The van der Waals surface area contributed by atoms with E-state index < -0.39 is 17.8 Å². The van der Waals surface area contributed by atoms with Gasteiger partial charge >= 0.3 is 0 Å². The average Bonchev–Trinajstić information content (AvgIpc) is 2.71. The van der Waals surface area contributed by atoms with Gasteiger partial charge in [-0.15, -0.1) is 0 Å². The third kappa shape index (κ3) is 6.02. The first kappa shape index (κ1) is 22.8. The number of halogens is 1. The molecule has 7 heteroatoms. The van der Waals surface area contributed by atoms with Crippen LogP contribution >= 0.6 is 0 Å². The van der Waals surface area contributed by atoms with E-state index in [9.17, 15) is 18.8 Å². The molecule has 2 unspecified atom stereocenters. The van der Waals surface area contributed by atoms with Gasteiger partial charge in [-0.1, -0.05) is 32.9 Å². The highest BCUT2D eigenvalue weighted by Gasteiger charge is 2.35. The highest BCUT2D eigenvalue weighted by atomic mass is 19.1. The molecule has 0 bridgehead atoms. The van der Waals surface area contributed by atoms with Crippen molar-refractivity contribution in [2.75, 3.05) is 13.1 Å². The number of hydrogen-bond acceptors (Lipinski definition) is 3. The minimum Gasteiger partial charge on any atom is -0.352 e. The monoisotopic (exact) mass is 405 g/mol. The van der Waals surface area contributed by atoms with Crippen LogP contribution in [-0.4, -0.2) is 47.8 Å². The normalized spacial score (nSPS) is 17.0. The molecule has 0 radical (unpaired) electrons. The molecule has 1 saturated heterocycles. The Bertz CT molecular complexity index is 730. The van der Waals surface area contributed by atoms with Crippen LogP contribution in [0.15, 0.2) is 24.3 Å². The molecule has 0 aliphatic carbocycles. The zero-order valence-electron chi connectivity index (χ0n) is 17.7. The fourth-order valence-corrected chi connectivity index (χ4v) is 3.51. The molecule has 1 aliphatic heterocycles. The number of nitrogens with one attached hydrogen (secondary N) is 2. The molecule has 0 saturated carbocycles. The van der Waals surface area contributed by atoms with Gasteiger partial charge in [-0.05, 0) is 44.2 Å². The predicted octanol–water partition coefficient (Wildman–Crippen LogP) is 2.73. The fraction of sp³-hybridized carbons (Fsp3) is 0.591. The number of carbonyl (C=O) groups is 3. The van der Waals surface area contributed by atoms with Crippen LogP contribution < -0.4 is 10.6 Å². The standard InChI is InChI=1S/C22H32FN3O3/c1-5-15(4)24-21(28)19(25-20(27)17-8-6-7-9-18(17)23)16-10-12-26(13-11-16)22(29)14(2)3/h6-9,14-16,19H,5,10-13H2,1-4H3,(H,24,28)(H,25,27). The molecule has 1 fully saturated rings. The number of piperidine rings is 1. The molecule has 1 heterocycles. The van der Waals surface area contributed by atoms with Gasteiger partial charge in [0.1, 0.15) is 11.9 Å². The lowest BCUT2D eigenvalue weighted by molar-refractivity contribution is -0.136. The Labute approximate surface area is 172 Å². The predicted molar refractivity (Wildman–Crippen MR) is 110 cm³/mol. The first-order valence-corrected chi connectivity index (χ1v) is 10.4. The molecule has 0 aromatic heterocycles. The largest absolute Gasteiger partial charge is 0.352 e. The van der Waals surface area contributed by atoms with Crippen molar-refractivity contribution in [2.24, 2.45) is 11.8 Å². The van der Waals surface area contributed by atoms with Crippen molar-refractivity contribution in [3.05, 3.63) is 35.6 Å². The molecule has 1 aromatic carbocycles. The minimum absolute atomic E-state index is 0.0297. The van der Waals surface area contributed by atoms with Crippen LogP contribution in [-0.2, 0) is 9.59 Å². The van der Waals surface area contributed by atoms with Crippen molar-refractivity contribution in [3.8, 4) is 0 Å². The van der Waals surface area contributed by atoms with Crippen molar-refractivity contribution < 1.29 is 18.8 Å². The average molecular weight is 406 g/mol. The molecule has 1 aliphatic rings. The van der Waals surface area contributed by atoms with Gasteiger partial charge in [0.15, 0.2) is 0 Å². The van der Waals surface area contributed by atoms with Gasteiger partial charge in [-0.25, -0.2) is 4.39 Å². The molecular formula is C22H32FN3O3. The summed E-state index contributed by atoms with van der Waals surface area (Å²) in [6.07, 6.45) is 1.98. The molecular weight excluding hydrogens is 373 g/mol. The summed E-state index contributed by atoms with van der Waals surface area (Å²) in [5, 5.41) is 5.67. The SMILES string of the molecule is CCC(C)NC(=O)C(NC(=O)c1ccccc1F)C1CCN(C(=O)C(C)C)CC1. The van der Waals surface area contributed by atoms with Gasteiger partial charge in [0.25, 0.3) is 5.91 Å². The quantitative estimate of drug-likeness (QED) is 0.732. The summed E-state index contributed by atoms with van der Waals surface area (Å²) in [6, 6.07) is 4.92. The second-order valence-electron chi connectivity index (χ2n) is 8.07. The lowest BCUT2D eigenvalue weighted by Crippen LogP contribution is -2.55. The van der Waals surface area contributed by atoms with E-state index in [0.29, 0.717) is 25.9 Å². The van der Waals surface area contributed by atoms with E-state index in [1.54, 1.807) is 6.07 Å². The number of hydrogen-bond donors (Lipinski definition) is 2. The highest BCUT2D eigenvalue weighted by molar-refractivity contribution is 5.97. The van der Waals surface area contributed by atoms with Crippen LogP contribution in [0, 0.1) is 17.7 Å². The van der Waals surface area contributed by atoms with Gasteiger partial charge in [0.2, 0.25) is 11.8 Å². The van der Waals surface area contributed by atoms with Crippen LogP contribution in [0.2, 0.25) is 0 Å². The number of nitrogens with zero attached hydrogens (tertiary/aromatic N) is 1. The van der Waals surface area contributed by atoms with Crippen LogP contribution in [0.25, 0.3) is 0 Å². The zero-order valence-corrected chi connectivity index (χ0v) is 17.7. The second-order valence-corrected chi connectivity index (χ2v) is 8.07. The van der Waals surface area contributed by atoms with E-state index in [2.05, 4.69) is 10.6 Å². The molecule has 2 atom stereocenters. The van der Waals surface area contributed by atoms with E-state index in [1.807, 2.05) is 32.6 Å². The first-order valence-electron chi connectivity index (χ1n) is 10.4. The molecule has 29 heavy (non-hydrogen) atoms. The molecule has 2 rings (SSSR count). The Balaban J connectivity index is 2.13. The molecule has 2 N–H and O–H groups in total. The van der Waals surface area contributed by atoms with Crippen molar-refractivity contribution in [1.82, 2.24) is 15.5 Å². The lowest BCUT2D eigenvalue weighted by atomic mass is 9.88.